The van der Waals surface area contributed by atoms with Crippen molar-refractivity contribution in [2.45, 2.75) is 0 Å². The minimum atomic E-state index is 0.564. The second-order valence-corrected chi connectivity index (χ2v) is 12.4. The predicted molar refractivity (Wildman–Crippen MR) is 201 cm³/mol. The van der Waals surface area contributed by atoms with Crippen LogP contribution in [0.5, 0.6) is 0 Å². The number of hydrogen-bond donors (Lipinski definition) is 0. The zero-order chi connectivity index (χ0) is 32.3. The van der Waals surface area contributed by atoms with Gasteiger partial charge in [-0.05, 0) is 67.7 Å². The predicted octanol–water partition coefficient (Wildman–Crippen LogP) is 11.9. The Morgan fingerprint density at radius 2 is 0.878 bits per heavy atom. The molecule has 10 aromatic rings. The van der Waals surface area contributed by atoms with Crippen molar-refractivity contribution in [3.05, 3.63) is 164 Å². The van der Waals surface area contributed by atoms with Gasteiger partial charge in [0.1, 0.15) is 11.2 Å². The highest BCUT2D eigenvalue weighted by Crippen LogP contribution is 2.44. The SMILES string of the molecule is c1ccc(-c2ccc(-c3nc(-c4ccc5ccccc5c4)nc(-c4ccc5ccccc5c4)n3)c3oc4ccc5ccccc5c4c23)cc1. The molecular formula is C45H27N3O. The molecule has 4 heteroatoms. The van der Waals surface area contributed by atoms with E-state index in [2.05, 4.69) is 158 Å². The van der Waals surface area contributed by atoms with Crippen molar-refractivity contribution in [2.24, 2.45) is 0 Å². The Morgan fingerprint density at radius 1 is 0.347 bits per heavy atom. The molecule has 0 radical (unpaired) electrons. The summed E-state index contributed by atoms with van der Waals surface area (Å²) in [6, 6.07) is 56.9. The molecule has 0 unspecified atom stereocenters. The van der Waals surface area contributed by atoms with Gasteiger partial charge in [0.15, 0.2) is 17.5 Å². The molecule has 0 spiro atoms. The molecule has 0 saturated carbocycles. The molecule has 228 valence electrons. The molecule has 10 rings (SSSR count). The van der Waals surface area contributed by atoms with Crippen LogP contribution in [0.1, 0.15) is 0 Å². The third-order valence-corrected chi connectivity index (χ3v) is 9.49. The monoisotopic (exact) mass is 625 g/mol. The van der Waals surface area contributed by atoms with Gasteiger partial charge in [0, 0.05) is 21.9 Å². The van der Waals surface area contributed by atoms with E-state index in [9.17, 15) is 0 Å². The Kier molecular flexibility index (Phi) is 6.15. The lowest BCUT2D eigenvalue weighted by atomic mass is 9.95. The molecule has 4 nitrogen and oxygen atoms in total. The van der Waals surface area contributed by atoms with Crippen LogP contribution in [0.25, 0.3) is 99.5 Å². The van der Waals surface area contributed by atoms with Crippen LogP contribution in [0.3, 0.4) is 0 Å². The Bertz CT molecular complexity index is 2790. The van der Waals surface area contributed by atoms with Gasteiger partial charge in [0.05, 0.1) is 5.56 Å². The molecule has 0 aliphatic carbocycles. The van der Waals surface area contributed by atoms with E-state index in [1.807, 2.05) is 6.07 Å². The van der Waals surface area contributed by atoms with Crippen molar-refractivity contribution in [2.75, 3.05) is 0 Å². The molecule has 0 amide bonds. The van der Waals surface area contributed by atoms with E-state index < -0.39 is 0 Å². The van der Waals surface area contributed by atoms with E-state index in [0.717, 1.165) is 65.9 Å². The summed E-state index contributed by atoms with van der Waals surface area (Å²) in [6.07, 6.45) is 0. The molecule has 0 atom stereocenters. The minimum Gasteiger partial charge on any atom is -0.455 e. The van der Waals surface area contributed by atoms with Gasteiger partial charge in [-0.15, -0.1) is 0 Å². The van der Waals surface area contributed by atoms with E-state index in [1.54, 1.807) is 0 Å². The molecule has 8 aromatic carbocycles. The van der Waals surface area contributed by atoms with Crippen molar-refractivity contribution >= 4 is 54.3 Å². The van der Waals surface area contributed by atoms with Crippen LogP contribution < -0.4 is 0 Å². The normalized spacial score (nSPS) is 11.7. The Labute approximate surface area is 282 Å². The highest BCUT2D eigenvalue weighted by atomic mass is 16.3. The lowest BCUT2D eigenvalue weighted by Crippen LogP contribution is -2.00. The molecule has 0 fully saturated rings. The number of furan rings is 1. The fourth-order valence-electron chi connectivity index (χ4n) is 7.09. The summed E-state index contributed by atoms with van der Waals surface area (Å²) in [5, 5.41) is 9.06. The summed E-state index contributed by atoms with van der Waals surface area (Å²) < 4.78 is 6.81. The summed E-state index contributed by atoms with van der Waals surface area (Å²) in [7, 11) is 0. The van der Waals surface area contributed by atoms with Crippen LogP contribution in [0, 0.1) is 0 Å². The van der Waals surface area contributed by atoms with Gasteiger partial charge in [-0.25, -0.2) is 15.0 Å². The van der Waals surface area contributed by atoms with E-state index >= 15 is 0 Å². The van der Waals surface area contributed by atoms with Crippen LogP contribution in [0.2, 0.25) is 0 Å². The first-order valence-electron chi connectivity index (χ1n) is 16.4. The highest BCUT2D eigenvalue weighted by molar-refractivity contribution is 6.24. The zero-order valence-electron chi connectivity index (χ0n) is 26.3. The Hall–Kier alpha value is -6.65. The fourth-order valence-corrected chi connectivity index (χ4v) is 7.09. The van der Waals surface area contributed by atoms with Gasteiger partial charge in [-0.1, -0.05) is 140 Å². The number of rotatable bonds is 4. The number of aromatic nitrogens is 3. The molecule has 49 heavy (non-hydrogen) atoms. The lowest BCUT2D eigenvalue weighted by Gasteiger charge is -2.11. The van der Waals surface area contributed by atoms with E-state index in [1.165, 1.54) is 16.2 Å². The molecule has 0 aliphatic heterocycles. The molecule has 2 aromatic heterocycles. The standard InChI is InChI=1S/C45H27N3O/c1-2-12-30(13-3-1)37-23-24-38(42-41(37)40-36-17-9-8-14-31(36)22-25-39(40)49-42)45-47-43(34-20-18-28-10-4-6-15-32(28)26-34)46-44(48-45)35-21-19-29-11-5-7-16-33(29)27-35/h1-27H. The van der Waals surface area contributed by atoms with E-state index in [-0.39, 0.29) is 0 Å². The van der Waals surface area contributed by atoms with Gasteiger partial charge in [-0.2, -0.15) is 0 Å². The van der Waals surface area contributed by atoms with Gasteiger partial charge in [0.2, 0.25) is 0 Å². The van der Waals surface area contributed by atoms with Crippen LogP contribution in [-0.2, 0) is 0 Å². The second-order valence-electron chi connectivity index (χ2n) is 12.4. The summed E-state index contributed by atoms with van der Waals surface area (Å²) in [4.78, 5) is 15.4. The maximum absolute atomic E-state index is 6.81. The molecule has 0 saturated heterocycles. The van der Waals surface area contributed by atoms with Crippen LogP contribution in [-0.4, -0.2) is 15.0 Å². The molecule has 0 bridgehead atoms. The van der Waals surface area contributed by atoms with E-state index in [4.69, 9.17) is 19.4 Å². The number of nitrogens with zero attached hydrogens (tertiary/aromatic N) is 3. The Balaban J connectivity index is 1.27. The average molecular weight is 626 g/mol. The average Bonchev–Trinajstić information content (AvgIpc) is 3.58. The maximum atomic E-state index is 6.81. The van der Waals surface area contributed by atoms with Crippen LogP contribution >= 0.6 is 0 Å². The van der Waals surface area contributed by atoms with Gasteiger partial charge < -0.3 is 4.42 Å². The topological polar surface area (TPSA) is 51.8 Å². The molecule has 0 N–H and O–H groups in total. The van der Waals surface area contributed by atoms with Crippen LogP contribution in [0.4, 0.5) is 0 Å². The largest absolute Gasteiger partial charge is 0.455 e. The number of hydrogen-bond acceptors (Lipinski definition) is 4. The third kappa shape index (κ3) is 4.57. The van der Waals surface area contributed by atoms with Crippen molar-refractivity contribution in [1.29, 1.82) is 0 Å². The van der Waals surface area contributed by atoms with Gasteiger partial charge in [0.25, 0.3) is 0 Å². The summed E-state index contributed by atoms with van der Waals surface area (Å²) >= 11 is 0. The van der Waals surface area contributed by atoms with Gasteiger partial charge in [-0.3, -0.25) is 0 Å². The maximum Gasteiger partial charge on any atom is 0.167 e. The van der Waals surface area contributed by atoms with Crippen molar-refractivity contribution in [3.63, 3.8) is 0 Å². The quantitative estimate of drug-likeness (QED) is 0.195. The molecular weight excluding hydrogens is 599 g/mol. The van der Waals surface area contributed by atoms with Crippen molar-refractivity contribution in [1.82, 2.24) is 15.0 Å². The first-order chi connectivity index (χ1) is 24.3. The number of benzene rings is 8. The third-order valence-electron chi connectivity index (χ3n) is 9.49. The van der Waals surface area contributed by atoms with Gasteiger partial charge >= 0.3 is 0 Å². The van der Waals surface area contributed by atoms with Crippen molar-refractivity contribution < 1.29 is 4.42 Å². The molecule has 0 aliphatic rings. The second kappa shape index (κ2) is 11.0. The molecule has 2 heterocycles. The summed E-state index contributed by atoms with van der Waals surface area (Å²) in [5.41, 5.74) is 6.49. The minimum absolute atomic E-state index is 0.564. The lowest BCUT2D eigenvalue weighted by molar-refractivity contribution is 0.670. The summed E-state index contributed by atoms with van der Waals surface area (Å²) in [6.45, 7) is 0. The Morgan fingerprint density at radius 3 is 1.55 bits per heavy atom. The highest BCUT2D eigenvalue weighted by Gasteiger charge is 2.22. The smallest absolute Gasteiger partial charge is 0.167 e. The van der Waals surface area contributed by atoms with Crippen LogP contribution in [0.15, 0.2) is 168 Å². The van der Waals surface area contributed by atoms with Crippen molar-refractivity contribution in [3.8, 4) is 45.3 Å². The first-order valence-corrected chi connectivity index (χ1v) is 16.4. The van der Waals surface area contributed by atoms with E-state index in [0.29, 0.717) is 17.5 Å². The number of fused-ring (bicyclic) bond motifs is 7. The fraction of sp³-hybridized carbons (Fsp3) is 0. The summed E-state index contributed by atoms with van der Waals surface area (Å²) in [5.74, 6) is 1.79. The zero-order valence-corrected chi connectivity index (χ0v) is 26.3. The first kappa shape index (κ1) is 27.5.